The molecule has 0 spiro atoms. The number of hydrogen-bond acceptors (Lipinski definition) is 2. The van der Waals surface area contributed by atoms with E-state index in [4.69, 9.17) is 17.5 Å². The molecule has 0 aromatic rings. The third-order valence-corrected chi connectivity index (χ3v) is 0. The summed E-state index contributed by atoms with van der Waals surface area (Å²) in [6.07, 6.45) is 0. The molecule has 0 aromatic carbocycles. The maximum absolute atomic E-state index is 8.74. The quantitative estimate of drug-likeness (QED) is 0.383. The molecule has 0 unspecified atom stereocenters. The van der Waals surface area contributed by atoms with E-state index in [1.807, 2.05) is 0 Å². The first-order chi connectivity index (χ1) is 2.00. The summed E-state index contributed by atoms with van der Waals surface area (Å²) in [5.74, 6) is 0. The second kappa shape index (κ2) is 12.7. The molecular formula is H2Ag3O5S+. The van der Waals surface area contributed by atoms with Crippen LogP contribution < -0.4 is 0 Å². The molecular weight excluding hydrogens is 436 g/mol. The first-order valence-electron chi connectivity index (χ1n) is 0.698. The van der Waals surface area contributed by atoms with E-state index < -0.39 is 10.4 Å². The van der Waals surface area contributed by atoms with Gasteiger partial charge in [-0.3, -0.25) is 9.11 Å². The van der Waals surface area contributed by atoms with Gasteiger partial charge in [0.05, 0.1) is 0 Å². The van der Waals surface area contributed by atoms with E-state index in [1.165, 1.54) is 0 Å². The minimum absolute atomic E-state index is 0. The smallest absolute Gasteiger partial charge is 1.00 e. The molecule has 9 heteroatoms. The first kappa shape index (κ1) is 30.5. The third kappa shape index (κ3) is 155. The van der Waals surface area contributed by atoms with E-state index in [9.17, 15) is 0 Å². The van der Waals surface area contributed by atoms with Gasteiger partial charge in [-0.2, -0.15) is 8.42 Å². The van der Waals surface area contributed by atoms with E-state index in [0.29, 0.717) is 0 Å². The topological polar surface area (TPSA) is 103 Å². The second-order valence-electron chi connectivity index (χ2n) is 0.448. The first-order valence-corrected chi connectivity index (χ1v) is 2.10. The minimum atomic E-state index is -4.67. The summed E-state index contributed by atoms with van der Waals surface area (Å²) in [5, 5.41) is 0. The van der Waals surface area contributed by atoms with Crippen molar-refractivity contribution in [1.82, 2.24) is 0 Å². The van der Waals surface area contributed by atoms with Crippen molar-refractivity contribution < 1.29 is 90.1 Å². The molecule has 0 aromatic heterocycles. The normalized spacial score (nSPS) is 6.44. The zero-order valence-electron chi connectivity index (χ0n) is 3.43. The number of hydrogen-bond donors (Lipinski definition) is 2. The molecule has 0 saturated heterocycles. The van der Waals surface area contributed by atoms with Crippen LogP contribution in [0.2, 0.25) is 0 Å². The molecule has 0 aliphatic heterocycles. The van der Waals surface area contributed by atoms with Gasteiger partial charge in [-0.1, -0.05) is 0 Å². The van der Waals surface area contributed by atoms with Gasteiger partial charge in [-0.15, -0.1) is 0 Å². The molecule has 0 aliphatic rings. The average Bonchev–Trinajstić information content (AvgIpc) is 0.722. The van der Waals surface area contributed by atoms with Gasteiger partial charge in [-0.05, 0) is 0 Å². The van der Waals surface area contributed by atoms with Crippen molar-refractivity contribution in [2.24, 2.45) is 0 Å². The van der Waals surface area contributed by atoms with Crippen LogP contribution in [0.1, 0.15) is 0 Å². The van der Waals surface area contributed by atoms with Crippen LogP contribution in [-0.4, -0.2) is 17.5 Å². The number of rotatable bonds is 0. The van der Waals surface area contributed by atoms with Crippen LogP contribution in [-0.2, 0) is 83.0 Å². The van der Waals surface area contributed by atoms with E-state index in [-0.39, 0.29) is 72.6 Å². The van der Waals surface area contributed by atoms with E-state index in [1.54, 1.807) is 0 Å². The largest absolute Gasteiger partial charge is 2.00 e. The van der Waals surface area contributed by atoms with E-state index in [0.717, 1.165) is 0 Å². The van der Waals surface area contributed by atoms with Crippen molar-refractivity contribution >= 4 is 10.4 Å². The van der Waals surface area contributed by atoms with E-state index in [2.05, 4.69) is 0 Å². The van der Waals surface area contributed by atoms with Gasteiger partial charge in [0.15, 0.2) is 0 Å². The van der Waals surface area contributed by atoms with Gasteiger partial charge in [0.1, 0.15) is 0 Å². The summed E-state index contributed by atoms with van der Waals surface area (Å²) in [6, 6.07) is 0. The van der Waals surface area contributed by atoms with Crippen molar-refractivity contribution in [2.45, 2.75) is 0 Å². The van der Waals surface area contributed by atoms with Crippen LogP contribution in [0.5, 0.6) is 0 Å². The minimum Gasteiger partial charge on any atom is -2.00 e. The second-order valence-corrected chi connectivity index (χ2v) is 1.34. The molecule has 9 heavy (non-hydrogen) atoms. The van der Waals surface area contributed by atoms with Gasteiger partial charge in [-0.25, -0.2) is 0 Å². The maximum Gasteiger partial charge on any atom is 1.00 e. The van der Waals surface area contributed by atoms with Gasteiger partial charge < -0.3 is 5.48 Å². The van der Waals surface area contributed by atoms with Crippen LogP contribution in [0, 0.1) is 0 Å². The van der Waals surface area contributed by atoms with Crippen molar-refractivity contribution in [1.29, 1.82) is 0 Å². The third-order valence-electron chi connectivity index (χ3n) is 0. The molecule has 0 rings (SSSR count). The summed E-state index contributed by atoms with van der Waals surface area (Å²) in [4.78, 5) is 0. The maximum atomic E-state index is 8.74. The fourth-order valence-electron chi connectivity index (χ4n) is 0. The Kier molecular flexibility index (Phi) is 43.0. The Balaban J connectivity index is -0.0000000133. The van der Waals surface area contributed by atoms with Gasteiger partial charge in [0, 0.05) is 0 Å². The zero-order valence-corrected chi connectivity index (χ0v) is 8.70. The molecule has 0 atom stereocenters. The standard InChI is InChI=1S/3Ag.H2O4S.O/c;;;1-5(2,3)4;/h;;;(H2,1,2,3,4);/q3*+1;;-2. The van der Waals surface area contributed by atoms with Crippen LogP contribution >= 0.6 is 0 Å². The summed E-state index contributed by atoms with van der Waals surface area (Å²) >= 11 is 0. The predicted molar refractivity (Wildman–Crippen MR) is 14.9 cm³/mol. The zero-order chi connectivity index (χ0) is 4.50. The molecule has 2 N–H and O–H groups in total. The summed E-state index contributed by atoms with van der Waals surface area (Å²) in [7, 11) is -4.67. The summed E-state index contributed by atoms with van der Waals surface area (Å²) in [5.41, 5.74) is 0. The average molecular weight is 438 g/mol. The SMILES string of the molecule is O=S(=O)(O)O.[Ag+].[Ag+].[Ag+].[O-2]. The van der Waals surface area contributed by atoms with Gasteiger partial charge >= 0.3 is 77.5 Å². The van der Waals surface area contributed by atoms with E-state index >= 15 is 0 Å². The predicted octanol–water partition coefficient (Wildman–Crippen LogP) is -0.779. The Labute approximate surface area is 99.4 Å². The van der Waals surface area contributed by atoms with Gasteiger partial charge in [0.2, 0.25) is 0 Å². The van der Waals surface area contributed by atoms with Crippen LogP contribution in [0.4, 0.5) is 0 Å². The molecule has 5 nitrogen and oxygen atoms in total. The Morgan fingerprint density at radius 3 is 0.889 bits per heavy atom. The molecule has 0 amide bonds. The van der Waals surface area contributed by atoms with Crippen molar-refractivity contribution in [3.8, 4) is 0 Å². The Bertz CT molecular complexity index is 95.4. The fourth-order valence-corrected chi connectivity index (χ4v) is 0. The fraction of sp³-hybridized carbons (Fsp3) is 0. The molecule has 0 bridgehead atoms. The molecule has 0 aliphatic carbocycles. The monoisotopic (exact) mass is 435 g/mol. The Morgan fingerprint density at radius 1 is 0.889 bits per heavy atom. The van der Waals surface area contributed by atoms with Gasteiger partial charge in [0.25, 0.3) is 0 Å². The Morgan fingerprint density at radius 2 is 0.889 bits per heavy atom. The molecule has 70 valence electrons. The van der Waals surface area contributed by atoms with Crippen molar-refractivity contribution in [3.63, 3.8) is 0 Å². The Hall–Kier alpha value is 2.05. The molecule has 0 saturated carbocycles. The van der Waals surface area contributed by atoms with Crippen LogP contribution in [0.3, 0.4) is 0 Å². The van der Waals surface area contributed by atoms with Crippen LogP contribution in [0.15, 0.2) is 0 Å². The summed E-state index contributed by atoms with van der Waals surface area (Å²) < 4.78 is 31.6. The molecule has 0 heterocycles. The molecule has 0 fully saturated rings. The molecule has 0 radical (unpaired) electrons. The van der Waals surface area contributed by atoms with Crippen LogP contribution in [0.25, 0.3) is 0 Å². The van der Waals surface area contributed by atoms with Crippen molar-refractivity contribution in [2.75, 3.05) is 0 Å². The van der Waals surface area contributed by atoms with Crippen molar-refractivity contribution in [3.05, 3.63) is 0 Å². The summed E-state index contributed by atoms with van der Waals surface area (Å²) in [6.45, 7) is 0.